The van der Waals surface area contributed by atoms with Crippen LogP contribution in [0.25, 0.3) is 10.6 Å². The molecule has 0 saturated heterocycles. The molecule has 0 aliphatic carbocycles. The van der Waals surface area contributed by atoms with Gasteiger partial charge in [-0.15, -0.1) is 11.3 Å². The van der Waals surface area contributed by atoms with E-state index in [2.05, 4.69) is 52.1 Å². The fourth-order valence-corrected chi connectivity index (χ4v) is 3.55. The zero-order valence-corrected chi connectivity index (χ0v) is 15.0. The van der Waals surface area contributed by atoms with Crippen molar-refractivity contribution in [3.8, 4) is 16.3 Å². The summed E-state index contributed by atoms with van der Waals surface area (Å²) in [6, 6.07) is 13.8. The lowest BCUT2D eigenvalue weighted by atomic mass is 10.2. The number of hydrogen-bond acceptors (Lipinski definition) is 3. The molecule has 0 saturated carbocycles. The highest BCUT2D eigenvalue weighted by Gasteiger charge is 2.07. The zero-order valence-electron chi connectivity index (χ0n) is 11.8. The van der Waals surface area contributed by atoms with Crippen LogP contribution in [-0.2, 0) is 6.61 Å². The maximum atomic E-state index is 5.92. The van der Waals surface area contributed by atoms with Crippen LogP contribution in [0.15, 0.2) is 52.3 Å². The molecule has 5 heteroatoms. The van der Waals surface area contributed by atoms with E-state index < -0.39 is 0 Å². The third-order valence-corrected chi connectivity index (χ3v) is 4.91. The van der Waals surface area contributed by atoms with Crippen molar-refractivity contribution in [2.45, 2.75) is 13.5 Å². The number of nitrogens with zero attached hydrogens (tertiary/aromatic N) is 1. The number of benzene rings is 2. The Hall–Kier alpha value is -1.36. The Labute approximate surface area is 146 Å². The second-order valence-corrected chi connectivity index (χ2v) is 7.02. The number of ether oxygens (including phenoxy) is 1. The van der Waals surface area contributed by atoms with Crippen molar-refractivity contribution < 1.29 is 4.74 Å². The predicted octanol–water partition coefficient (Wildman–Crippen LogP) is 6.11. The van der Waals surface area contributed by atoms with Crippen LogP contribution in [0.4, 0.5) is 0 Å². The van der Waals surface area contributed by atoms with E-state index in [0.29, 0.717) is 11.6 Å². The minimum atomic E-state index is 0.433. The molecule has 112 valence electrons. The minimum absolute atomic E-state index is 0.433. The molecule has 0 bridgehead atoms. The van der Waals surface area contributed by atoms with Gasteiger partial charge in [0.2, 0.25) is 0 Å². The first-order valence-electron chi connectivity index (χ1n) is 6.71. The molecule has 3 aromatic rings. The summed E-state index contributed by atoms with van der Waals surface area (Å²) in [5.41, 5.74) is 3.30. The molecule has 1 heterocycles. The second-order valence-electron chi connectivity index (χ2n) is 4.87. The van der Waals surface area contributed by atoms with Crippen LogP contribution in [-0.4, -0.2) is 4.98 Å². The van der Waals surface area contributed by atoms with Crippen molar-refractivity contribution >= 4 is 38.9 Å². The molecule has 0 N–H and O–H groups in total. The van der Waals surface area contributed by atoms with Crippen LogP contribution < -0.4 is 4.74 Å². The van der Waals surface area contributed by atoms with Gasteiger partial charge in [-0.1, -0.05) is 41.4 Å². The Balaban J connectivity index is 1.70. The molecule has 0 aliphatic heterocycles. The fraction of sp³-hybridized carbons (Fsp3) is 0.118. The summed E-state index contributed by atoms with van der Waals surface area (Å²) >= 11 is 11.0. The van der Waals surface area contributed by atoms with Gasteiger partial charge in [0, 0.05) is 16.0 Å². The lowest BCUT2D eigenvalue weighted by Crippen LogP contribution is -1.96. The number of hydrogen-bond donors (Lipinski definition) is 0. The average molecular weight is 395 g/mol. The normalized spacial score (nSPS) is 10.7. The van der Waals surface area contributed by atoms with E-state index in [9.17, 15) is 0 Å². The van der Waals surface area contributed by atoms with Crippen molar-refractivity contribution in [2.24, 2.45) is 0 Å². The number of aromatic nitrogens is 1. The van der Waals surface area contributed by atoms with Gasteiger partial charge in [-0.05, 0) is 41.1 Å². The number of thiazole rings is 1. The average Bonchev–Trinajstić information content (AvgIpc) is 2.96. The topological polar surface area (TPSA) is 22.1 Å². The molecule has 1 aromatic heterocycles. The van der Waals surface area contributed by atoms with Gasteiger partial charge >= 0.3 is 0 Å². The SMILES string of the molecule is Cc1ccc(-c2nc(COc3ccc(Cl)cc3Br)cs2)cc1. The molecule has 0 atom stereocenters. The standard InChI is InChI=1S/C17H13BrClNOS/c1-11-2-4-12(5-3-11)17-20-14(10-22-17)9-21-16-7-6-13(19)8-15(16)18/h2-8,10H,9H2,1H3. The Morgan fingerprint density at radius 2 is 1.95 bits per heavy atom. The molecule has 2 aromatic carbocycles. The van der Waals surface area contributed by atoms with E-state index in [1.165, 1.54) is 5.56 Å². The van der Waals surface area contributed by atoms with Gasteiger partial charge in [0.15, 0.2) is 0 Å². The fourth-order valence-electron chi connectivity index (χ4n) is 1.95. The minimum Gasteiger partial charge on any atom is -0.486 e. The van der Waals surface area contributed by atoms with Crippen molar-refractivity contribution in [3.05, 3.63) is 68.6 Å². The largest absolute Gasteiger partial charge is 0.486 e. The lowest BCUT2D eigenvalue weighted by molar-refractivity contribution is 0.300. The second kappa shape index (κ2) is 6.82. The molecule has 2 nitrogen and oxygen atoms in total. The molecule has 22 heavy (non-hydrogen) atoms. The highest BCUT2D eigenvalue weighted by molar-refractivity contribution is 9.10. The summed E-state index contributed by atoms with van der Waals surface area (Å²) in [5, 5.41) is 3.71. The summed E-state index contributed by atoms with van der Waals surface area (Å²) in [6.45, 7) is 2.51. The quantitative estimate of drug-likeness (QED) is 0.532. The lowest BCUT2D eigenvalue weighted by Gasteiger charge is -2.06. The van der Waals surface area contributed by atoms with Crippen LogP contribution >= 0.6 is 38.9 Å². The third-order valence-electron chi connectivity index (χ3n) is 3.12. The molecular weight excluding hydrogens is 382 g/mol. The Kier molecular flexibility index (Phi) is 4.81. The Morgan fingerprint density at radius 1 is 1.18 bits per heavy atom. The summed E-state index contributed by atoms with van der Waals surface area (Å²) in [5.74, 6) is 0.759. The van der Waals surface area contributed by atoms with E-state index in [0.717, 1.165) is 26.5 Å². The molecule has 0 amide bonds. The predicted molar refractivity (Wildman–Crippen MR) is 95.8 cm³/mol. The van der Waals surface area contributed by atoms with Crippen molar-refractivity contribution in [3.63, 3.8) is 0 Å². The Bertz CT molecular complexity index is 786. The van der Waals surface area contributed by atoms with Crippen LogP contribution in [0.1, 0.15) is 11.3 Å². The smallest absolute Gasteiger partial charge is 0.134 e. The first-order chi connectivity index (χ1) is 10.6. The molecule has 3 rings (SSSR count). The molecule has 0 aliphatic rings. The summed E-state index contributed by atoms with van der Waals surface area (Å²) in [6.07, 6.45) is 0. The van der Waals surface area contributed by atoms with Gasteiger partial charge < -0.3 is 4.74 Å². The van der Waals surface area contributed by atoms with E-state index in [-0.39, 0.29) is 0 Å². The maximum Gasteiger partial charge on any atom is 0.134 e. The maximum absolute atomic E-state index is 5.92. The molecule has 0 radical (unpaired) electrons. The van der Waals surface area contributed by atoms with Gasteiger partial charge in [0.05, 0.1) is 10.2 Å². The highest BCUT2D eigenvalue weighted by atomic mass is 79.9. The summed E-state index contributed by atoms with van der Waals surface area (Å²) in [7, 11) is 0. The third kappa shape index (κ3) is 3.69. The van der Waals surface area contributed by atoms with Gasteiger partial charge in [-0.3, -0.25) is 0 Å². The summed E-state index contributed by atoms with van der Waals surface area (Å²) in [4.78, 5) is 4.62. The van der Waals surface area contributed by atoms with Gasteiger partial charge in [0.1, 0.15) is 17.4 Å². The molecular formula is C17H13BrClNOS. The highest BCUT2D eigenvalue weighted by Crippen LogP contribution is 2.29. The number of halogens is 2. The van der Waals surface area contributed by atoms with Gasteiger partial charge in [-0.25, -0.2) is 4.98 Å². The van der Waals surface area contributed by atoms with E-state index in [1.807, 2.05) is 17.5 Å². The van der Waals surface area contributed by atoms with Gasteiger partial charge in [-0.2, -0.15) is 0 Å². The van der Waals surface area contributed by atoms with Crippen LogP contribution in [0.5, 0.6) is 5.75 Å². The van der Waals surface area contributed by atoms with Crippen molar-refractivity contribution in [1.29, 1.82) is 0 Å². The first-order valence-corrected chi connectivity index (χ1v) is 8.76. The van der Waals surface area contributed by atoms with E-state index in [4.69, 9.17) is 16.3 Å². The number of aryl methyl sites for hydroxylation is 1. The summed E-state index contributed by atoms with van der Waals surface area (Å²) < 4.78 is 6.63. The zero-order chi connectivity index (χ0) is 15.5. The van der Waals surface area contributed by atoms with Crippen molar-refractivity contribution in [2.75, 3.05) is 0 Å². The number of rotatable bonds is 4. The monoisotopic (exact) mass is 393 g/mol. The molecule has 0 unspecified atom stereocenters. The van der Waals surface area contributed by atoms with Crippen LogP contribution in [0.3, 0.4) is 0 Å². The Morgan fingerprint density at radius 3 is 2.68 bits per heavy atom. The van der Waals surface area contributed by atoms with Crippen molar-refractivity contribution in [1.82, 2.24) is 4.98 Å². The molecule has 0 spiro atoms. The van der Waals surface area contributed by atoms with E-state index in [1.54, 1.807) is 17.4 Å². The molecule has 0 fully saturated rings. The van der Waals surface area contributed by atoms with E-state index >= 15 is 0 Å². The first kappa shape index (κ1) is 15.5. The van der Waals surface area contributed by atoms with Gasteiger partial charge in [0.25, 0.3) is 0 Å². The van der Waals surface area contributed by atoms with Crippen LogP contribution in [0.2, 0.25) is 5.02 Å². The van der Waals surface area contributed by atoms with Crippen LogP contribution in [0, 0.1) is 6.92 Å².